The second-order valence-electron chi connectivity index (χ2n) is 9.45. The van der Waals surface area contributed by atoms with Gasteiger partial charge in [-0.15, -0.1) is 5.10 Å². The molecule has 4 aromatic carbocycles. The summed E-state index contributed by atoms with van der Waals surface area (Å²) in [6.07, 6.45) is 0. The Bertz CT molecular complexity index is 1820. The third-order valence-corrected chi connectivity index (χ3v) is 7.54. The number of aromatic carboxylic acids is 1. The Morgan fingerprint density at radius 1 is 0.949 bits per heavy atom. The highest BCUT2D eigenvalue weighted by molar-refractivity contribution is 7.08. The van der Waals surface area contributed by atoms with Gasteiger partial charge in [-0.05, 0) is 87.1 Å². The van der Waals surface area contributed by atoms with E-state index in [9.17, 15) is 14.7 Å². The molecular weight excluding hydrogens is 508 g/mol. The number of carboxylic acids is 1. The Labute approximate surface area is 228 Å². The quantitative estimate of drug-likeness (QED) is 0.243. The highest BCUT2D eigenvalue weighted by atomic mass is 32.1. The Hall–Kier alpha value is -4.82. The average molecular weight is 533 g/mol. The van der Waals surface area contributed by atoms with Crippen LogP contribution < -0.4 is 5.32 Å². The molecule has 192 valence electrons. The first-order valence-corrected chi connectivity index (χ1v) is 13.4. The molecule has 2 N–H and O–H groups in total. The summed E-state index contributed by atoms with van der Waals surface area (Å²) in [5, 5.41) is 27.5. The second-order valence-corrected chi connectivity index (χ2v) is 10.2. The van der Waals surface area contributed by atoms with Crippen molar-refractivity contribution in [2.24, 2.45) is 0 Å². The van der Waals surface area contributed by atoms with Crippen LogP contribution in [-0.4, -0.2) is 32.0 Å². The van der Waals surface area contributed by atoms with Gasteiger partial charge in [0.2, 0.25) is 0 Å². The zero-order valence-corrected chi connectivity index (χ0v) is 21.9. The molecule has 1 atom stereocenters. The fraction of sp³-hybridized carbons (Fsp3) is 0.0968. The van der Waals surface area contributed by atoms with E-state index in [1.807, 2.05) is 48.0 Å². The van der Waals surface area contributed by atoms with Crippen molar-refractivity contribution in [3.63, 3.8) is 0 Å². The summed E-state index contributed by atoms with van der Waals surface area (Å²) in [4.78, 5) is 25.0. The third kappa shape index (κ3) is 4.89. The fourth-order valence-electron chi connectivity index (χ4n) is 4.77. The summed E-state index contributed by atoms with van der Waals surface area (Å²) in [7, 11) is 0. The van der Waals surface area contributed by atoms with E-state index in [-0.39, 0.29) is 17.5 Å². The Kier molecular flexibility index (Phi) is 6.38. The van der Waals surface area contributed by atoms with E-state index in [4.69, 9.17) is 0 Å². The maximum absolute atomic E-state index is 13.7. The van der Waals surface area contributed by atoms with Crippen molar-refractivity contribution in [1.82, 2.24) is 20.3 Å². The van der Waals surface area contributed by atoms with Crippen molar-refractivity contribution in [3.8, 4) is 11.1 Å². The molecule has 7 nitrogen and oxygen atoms in total. The first-order valence-electron chi connectivity index (χ1n) is 12.5. The van der Waals surface area contributed by atoms with Crippen LogP contribution in [-0.2, 0) is 6.54 Å². The predicted octanol–water partition coefficient (Wildman–Crippen LogP) is 6.55. The monoisotopic (exact) mass is 532 g/mol. The smallest absolute Gasteiger partial charge is 0.335 e. The number of nitrogens with zero attached hydrogens (tertiary/aromatic N) is 3. The molecule has 0 aliphatic rings. The molecule has 0 spiro atoms. The molecular formula is C31H24N4O3S. The van der Waals surface area contributed by atoms with Crippen LogP contribution in [0, 0.1) is 0 Å². The van der Waals surface area contributed by atoms with Gasteiger partial charge in [-0.2, -0.15) is 11.3 Å². The van der Waals surface area contributed by atoms with Gasteiger partial charge < -0.3 is 10.4 Å². The lowest BCUT2D eigenvalue weighted by atomic mass is 10.0. The first kappa shape index (κ1) is 24.5. The number of benzene rings is 4. The summed E-state index contributed by atoms with van der Waals surface area (Å²) in [6.45, 7) is 2.34. The van der Waals surface area contributed by atoms with Gasteiger partial charge in [0.1, 0.15) is 11.0 Å². The van der Waals surface area contributed by atoms with E-state index in [0.717, 1.165) is 33.0 Å². The number of thiophene rings is 1. The molecule has 0 saturated carbocycles. The van der Waals surface area contributed by atoms with Gasteiger partial charge in [0.25, 0.3) is 5.91 Å². The number of carboxylic acid groups (broad SMARTS) is 1. The van der Waals surface area contributed by atoms with Gasteiger partial charge in [-0.25, -0.2) is 9.48 Å². The van der Waals surface area contributed by atoms with Crippen LogP contribution in [0.3, 0.4) is 0 Å². The van der Waals surface area contributed by atoms with Crippen LogP contribution in [0.4, 0.5) is 0 Å². The largest absolute Gasteiger partial charge is 0.478 e. The molecule has 0 radical (unpaired) electrons. The van der Waals surface area contributed by atoms with E-state index < -0.39 is 5.97 Å². The SMILES string of the molecule is C[C@H](NC(=O)c1cc(-c2ccsc2)cc2nnn(Cc3ccc4ccccc4c3)c12)c1ccc(C(=O)O)cc1. The van der Waals surface area contributed by atoms with Crippen molar-refractivity contribution in [3.05, 3.63) is 118 Å². The molecule has 6 aromatic rings. The molecule has 1 amide bonds. The summed E-state index contributed by atoms with van der Waals surface area (Å²) in [5.41, 5.74) is 5.75. The molecule has 2 aromatic heterocycles. The number of amides is 1. The second kappa shape index (κ2) is 10.2. The maximum atomic E-state index is 13.7. The van der Waals surface area contributed by atoms with Crippen molar-refractivity contribution in [2.75, 3.05) is 0 Å². The zero-order chi connectivity index (χ0) is 26.9. The highest BCUT2D eigenvalue weighted by Gasteiger charge is 2.21. The molecule has 8 heteroatoms. The first-order chi connectivity index (χ1) is 19.0. The Morgan fingerprint density at radius 3 is 2.49 bits per heavy atom. The normalized spacial score (nSPS) is 12.0. The topological polar surface area (TPSA) is 97.1 Å². The lowest BCUT2D eigenvalue weighted by molar-refractivity contribution is 0.0696. The number of carbonyl (C=O) groups is 2. The van der Waals surface area contributed by atoms with Gasteiger partial charge in [-0.1, -0.05) is 53.7 Å². The minimum Gasteiger partial charge on any atom is -0.478 e. The summed E-state index contributed by atoms with van der Waals surface area (Å²) >= 11 is 1.59. The van der Waals surface area contributed by atoms with Crippen LogP contribution in [0.15, 0.2) is 95.7 Å². The van der Waals surface area contributed by atoms with E-state index in [1.54, 1.807) is 28.2 Å². The van der Waals surface area contributed by atoms with Gasteiger partial charge in [0.15, 0.2) is 0 Å². The molecule has 0 aliphatic heterocycles. The molecule has 2 heterocycles. The van der Waals surface area contributed by atoms with E-state index in [0.29, 0.717) is 23.1 Å². The van der Waals surface area contributed by atoms with Crippen molar-refractivity contribution >= 4 is 45.0 Å². The van der Waals surface area contributed by atoms with Crippen molar-refractivity contribution in [2.45, 2.75) is 19.5 Å². The predicted molar refractivity (Wildman–Crippen MR) is 153 cm³/mol. The molecule has 6 rings (SSSR count). The molecule has 39 heavy (non-hydrogen) atoms. The van der Waals surface area contributed by atoms with Crippen LogP contribution in [0.2, 0.25) is 0 Å². The average Bonchev–Trinajstić information content (AvgIpc) is 3.63. The maximum Gasteiger partial charge on any atom is 0.335 e. The van der Waals surface area contributed by atoms with E-state index in [1.165, 1.54) is 12.1 Å². The summed E-state index contributed by atoms with van der Waals surface area (Å²) in [5.74, 6) is -1.24. The molecule has 0 saturated heterocycles. The van der Waals surface area contributed by atoms with Crippen LogP contribution >= 0.6 is 11.3 Å². The number of hydrogen-bond acceptors (Lipinski definition) is 5. The highest BCUT2D eigenvalue weighted by Crippen LogP contribution is 2.29. The standard InChI is InChI=1S/C31H24N4O3S/c1-19(21-8-10-23(11-9-21)31(37)38)32-30(36)27-15-26(25-12-13-39-18-25)16-28-29(27)35(34-33-28)17-20-6-7-22-4-2-3-5-24(22)14-20/h2-16,18-19H,17H2,1H3,(H,32,36)(H,37,38)/t19-/m0/s1. The number of nitrogens with one attached hydrogen (secondary N) is 1. The number of carbonyl (C=O) groups excluding carboxylic acids is 1. The lowest BCUT2D eigenvalue weighted by Crippen LogP contribution is -2.27. The van der Waals surface area contributed by atoms with Crippen molar-refractivity contribution < 1.29 is 14.7 Å². The number of aromatic nitrogens is 3. The third-order valence-electron chi connectivity index (χ3n) is 6.86. The Balaban J connectivity index is 1.38. The van der Waals surface area contributed by atoms with Crippen molar-refractivity contribution in [1.29, 1.82) is 0 Å². The van der Waals surface area contributed by atoms with Gasteiger partial charge in [0.05, 0.1) is 23.7 Å². The Morgan fingerprint density at radius 2 is 1.74 bits per heavy atom. The minimum absolute atomic E-state index is 0.200. The van der Waals surface area contributed by atoms with Crippen LogP contribution in [0.25, 0.3) is 32.9 Å². The van der Waals surface area contributed by atoms with Gasteiger partial charge >= 0.3 is 5.97 Å². The van der Waals surface area contributed by atoms with E-state index >= 15 is 0 Å². The van der Waals surface area contributed by atoms with Gasteiger partial charge in [-0.3, -0.25) is 4.79 Å². The molecule has 0 aliphatic carbocycles. The molecule has 0 unspecified atom stereocenters. The molecule has 0 bridgehead atoms. The van der Waals surface area contributed by atoms with Crippen LogP contribution in [0.5, 0.6) is 0 Å². The number of rotatable bonds is 7. The fourth-order valence-corrected chi connectivity index (χ4v) is 5.44. The summed E-state index contributed by atoms with van der Waals surface area (Å²) in [6, 6.07) is 26.5. The van der Waals surface area contributed by atoms with E-state index in [2.05, 4.69) is 46.0 Å². The van der Waals surface area contributed by atoms with Gasteiger partial charge in [0, 0.05) is 0 Å². The number of hydrogen-bond donors (Lipinski definition) is 2. The lowest BCUT2D eigenvalue weighted by Gasteiger charge is -2.16. The minimum atomic E-state index is -0.988. The number of fused-ring (bicyclic) bond motifs is 2. The summed E-state index contributed by atoms with van der Waals surface area (Å²) < 4.78 is 1.78. The zero-order valence-electron chi connectivity index (χ0n) is 21.0. The van der Waals surface area contributed by atoms with Crippen LogP contribution in [0.1, 0.15) is 44.8 Å². The molecule has 0 fully saturated rings.